The Morgan fingerprint density at radius 2 is 1.93 bits per heavy atom. The number of hydrogen-bond donors (Lipinski definition) is 2. The number of carbonyl (C=O) groups excluding carboxylic acids is 1. The quantitative estimate of drug-likeness (QED) is 0.438. The van der Waals surface area contributed by atoms with E-state index in [9.17, 15) is 23.3 Å². The molecule has 0 bridgehead atoms. The highest BCUT2D eigenvalue weighted by molar-refractivity contribution is 7.90. The van der Waals surface area contributed by atoms with Crippen LogP contribution in [-0.4, -0.2) is 35.5 Å². The van der Waals surface area contributed by atoms with Gasteiger partial charge >= 0.3 is 0 Å². The smallest absolute Gasteiger partial charge is 0.271 e. The van der Waals surface area contributed by atoms with Crippen molar-refractivity contribution in [3.8, 4) is 11.3 Å². The molecular weight excluding hydrogens is 408 g/mol. The number of amides is 1. The third-order valence-electron chi connectivity index (χ3n) is 4.52. The second-order valence-electron chi connectivity index (χ2n) is 6.73. The number of H-pyrrole nitrogens is 1. The molecule has 1 atom stereocenters. The van der Waals surface area contributed by atoms with Crippen LogP contribution in [0.4, 0.5) is 5.69 Å². The topological polar surface area (TPSA) is 135 Å². The van der Waals surface area contributed by atoms with Gasteiger partial charge in [-0.1, -0.05) is 37.3 Å². The van der Waals surface area contributed by atoms with Gasteiger partial charge in [0.1, 0.15) is 5.82 Å². The van der Waals surface area contributed by atoms with Gasteiger partial charge in [0.05, 0.1) is 27.8 Å². The monoisotopic (exact) mass is 428 g/mol. The summed E-state index contributed by atoms with van der Waals surface area (Å²) in [6.07, 6.45) is 3.09. The molecule has 2 N–H and O–H groups in total. The van der Waals surface area contributed by atoms with Gasteiger partial charge in [-0.15, -0.1) is 0 Å². The molecule has 10 heteroatoms. The number of nitrogens with one attached hydrogen (secondary N) is 2. The molecule has 1 heterocycles. The summed E-state index contributed by atoms with van der Waals surface area (Å²) in [5, 5.41) is 13.9. The van der Waals surface area contributed by atoms with Gasteiger partial charge in [-0.2, -0.15) is 0 Å². The highest BCUT2D eigenvalue weighted by Crippen LogP contribution is 2.23. The van der Waals surface area contributed by atoms with E-state index in [0.29, 0.717) is 12.2 Å². The zero-order chi connectivity index (χ0) is 21.9. The number of non-ortho nitro benzene ring substituents is 1. The number of aromatic nitrogens is 2. The number of nitrogens with zero attached hydrogens (tertiary/aromatic N) is 2. The number of hydrogen-bond acceptors (Lipinski definition) is 6. The molecule has 30 heavy (non-hydrogen) atoms. The van der Waals surface area contributed by atoms with E-state index in [1.807, 2.05) is 37.3 Å². The lowest BCUT2D eigenvalue weighted by Gasteiger charge is -2.15. The number of carbonyl (C=O) groups is 1. The first-order chi connectivity index (χ1) is 14.2. The second-order valence-corrected chi connectivity index (χ2v) is 8.74. The zero-order valence-corrected chi connectivity index (χ0v) is 17.1. The molecule has 2 aromatic carbocycles. The molecule has 0 fully saturated rings. The summed E-state index contributed by atoms with van der Waals surface area (Å²) in [4.78, 5) is 30.4. The lowest BCUT2D eigenvalue weighted by Crippen LogP contribution is -2.29. The predicted octanol–water partition coefficient (Wildman–Crippen LogP) is 3.27. The van der Waals surface area contributed by atoms with Crippen LogP contribution in [0.3, 0.4) is 0 Å². The highest BCUT2D eigenvalue weighted by atomic mass is 32.2. The van der Waals surface area contributed by atoms with E-state index < -0.39 is 32.4 Å². The zero-order valence-electron chi connectivity index (χ0n) is 16.3. The predicted molar refractivity (Wildman–Crippen MR) is 111 cm³/mol. The van der Waals surface area contributed by atoms with Gasteiger partial charge in [0, 0.05) is 24.0 Å². The molecule has 0 saturated heterocycles. The van der Waals surface area contributed by atoms with Crippen molar-refractivity contribution >= 4 is 21.4 Å². The molecule has 0 aliphatic rings. The minimum absolute atomic E-state index is 0.113. The molecule has 1 amide bonds. The molecule has 0 spiro atoms. The maximum Gasteiger partial charge on any atom is 0.271 e. The fourth-order valence-corrected chi connectivity index (χ4v) is 3.59. The number of rotatable bonds is 7. The van der Waals surface area contributed by atoms with Crippen LogP contribution in [-0.2, 0) is 9.84 Å². The normalized spacial score (nSPS) is 12.3. The lowest BCUT2D eigenvalue weighted by molar-refractivity contribution is -0.385. The first kappa shape index (κ1) is 21.2. The molecule has 9 nitrogen and oxygen atoms in total. The largest absolute Gasteiger partial charge is 0.342 e. The molecule has 0 saturated carbocycles. The van der Waals surface area contributed by atoms with E-state index in [2.05, 4.69) is 15.3 Å². The number of nitro benzene ring substituents is 1. The van der Waals surface area contributed by atoms with Crippen molar-refractivity contribution in [3.63, 3.8) is 0 Å². The van der Waals surface area contributed by atoms with Gasteiger partial charge in [0.15, 0.2) is 9.84 Å². The third kappa shape index (κ3) is 4.71. The van der Waals surface area contributed by atoms with Crippen LogP contribution >= 0.6 is 0 Å². The Bertz CT molecular complexity index is 1190. The SMILES string of the molecule is CCC(NC(=O)c1cc([N+](=O)[O-])cc(S(C)(=O)=O)c1)c1ncc(-c2ccccc2)[nH]1. The van der Waals surface area contributed by atoms with Crippen LogP contribution < -0.4 is 5.32 Å². The molecular formula is C20H20N4O5S. The Balaban J connectivity index is 1.88. The Hall–Kier alpha value is -3.53. The van der Waals surface area contributed by atoms with Crippen molar-refractivity contribution in [2.75, 3.05) is 6.26 Å². The average Bonchev–Trinajstić information content (AvgIpc) is 3.21. The molecule has 1 aromatic heterocycles. The number of imidazole rings is 1. The summed E-state index contributed by atoms with van der Waals surface area (Å²) in [5.41, 5.74) is 1.14. The van der Waals surface area contributed by atoms with Crippen LogP contribution in [0.5, 0.6) is 0 Å². The van der Waals surface area contributed by atoms with E-state index >= 15 is 0 Å². The van der Waals surface area contributed by atoms with Crippen molar-refractivity contribution in [3.05, 3.63) is 76.2 Å². The summed E-state index contributed by atoms with van der Waals surface area (Å²) in [6, 6.07) is 12.2. The van der Waals surface area contributed by atoms with E-state index in [1.54, 1.807) is 6.20 Å². The third-order valence-corrected chi connectivity index (χ3v) is 5.61. The first-order valence-corrected chi connectivity index (χ1v) is 11.0. The Morgan fingerprint density at radius 1 is 1.23 bits per heavy atom. The summed E-state index contributed by atoms with van der Waals surface area (Å²) in [7, 11) is -3.73. The number of nitro groups is 1. The van der Waals surface area contributed by atoms with Gasteiger partial charge in [0.25, 0.3) is 11.6 Å². The standard InChI is InChI=1S/C20H20N4O5S/c1-3-17(19-21-12-18(22-19)13-7-5-4-6-8-13)23-20(25)14-9-15(24(26)27)11-16(10-14)30(2,28)29/h4-12,17H,3H2,1-2H3,(H,21,22)(H,23,25). The van der Waals surface area contributed by atoms with Crippen LogP contribution in [0.15, 0.2) is 59.6 Å². The van der Waals surface area contributed by atoms with Gasteiger partial charge in [0.2, 0.25) is 0 Å². The van der Waals surface area contributed by atoms with Crippen LogP contribution in [0.25, 0.3) is 11.3 Å². The molecule has 0 aliphatic carbocycles. The van der Waals surface area contributed by atoms with E-state index in [0.717, 1.165) is 35.7 Å². The van der Waals surface area contributed by atoms with Crippen LogP contribution in [0.1, 0.15) is 35.6 Å². The van der Waals surface area contributed by atoms with Crippen LogP contribution in [0, 0.1) is 10.1 Å². The van der Waals surface area contributed by atoms with Gasteiger partial charge in [-0.05, 0) is 18.1 Å². The van der Waals surface area contributed by atoms with E-state index in [1.165, 1.54) is 0 Å². The summed E-state index contributed by atoms with van der Waals surface area (Å²) >= 11 is 0. The van der Waals surface area contributed by atoms with Crippen molar-refractivity contribution in [1.82, 2.24) is 15.3 Å². The van der Waals surface area contributed by atoms with Gasteiger partial charge in [-0.25, -0.2) is 13.4 Å². The molecule has 3 rings (SSSR count). The molecule has 1 unspecified atom stereocenters. The average molecular weight is 428 g/mol. The fraction of sp³-hybridized carbons (Fsp3) is 0.200. The first-order valence-electron chi connectivity index (χ1n) is 9.09. The maximum absolute atomic E-state index is 12.7. The van der Waals surface area contributed by atoms with Crippen LogP contribution in [0.2, 0.25) is 0 Å². The van der Waals surface area contributed by atoms with Crippen molar-refractivity contribution < 1.29 is 18.1 Å². The summed E-state index contributed by atoms with van der Waals surface area (Å²) in [5.74, 6) is -0.105. The Kier molecular flexibility index (Phi) is 5.97. The van der Waals surface area contributed by atoms with Crippen molar-refractivity contribution in [2.24, 2.45) is 0 Å². The lowest BCUT2D eigenvalue weighted by atomic mass is 10.1. The number of aromatic amines is 1. The summed E-state index contributed by atoms with van der Waals surface area (Å²) in [6.45, 7) is 1.85. The Labute approximate surface area is 173 Å². The van der Waals surface area contributed by atoms with Gasteiger partial charge < -0.3 is 10.3 Å². The molecule has 3 aromatic rings. The maximum atomic E-state index is 12.7. The number of sulfone groups is 1. The van der Waals surface area contributed by atoms with E-state index in [4.69, 9.17) is 0 Å². The van der Waals surface area contributed by atoms with E-state index in [-0.39, 0.29) is 10.5 Å². The number of benzene rings is 2. The Morgan fingerprint density at radius 3 is 2.53 bits per heavy atom. The minimum atomic E-state index is -3.73. The van der Waals surface area contributed by atoms with Gasteiger partial charge in [-0.3, -0.25) is 14.9 Å². The second kappa shape index (κ2) is 8.46. The fourth-order valence-electron chi connectivity index (χ4n) is 2.92. The highest BCUT2D eigenvalue weighted by Gasteiger charge is 2.22. The van der Waals surface area contributed by atoms with Crippen molar-refractivity contribution in [2.45, 2.75) is 24.3 Å². The molecule has 156 valence electrons. The molecule has 0 aliphatic heterocycles. The summed E-state index contributed by atoms with van der Waals surface area (Å²) < 4.78 is 23.7. The van der Waals surface area contributed by atoms with Crippen molar-refractivity contribution in [1.29, 1.82) is 0 Å². The minimum Gasteiger partial charge on any atom is -0.342 e. The molecule has 0 radical (unpaired) electrons.